The monoisotopic (exact) mass is 219 g/mol. The first-order chi connectivity index (χ1) is 7.75. The van der Waals surface area contributed by atoms with Crippen molar-refractivity contribution in [3.63, 3.8) is 0 Å². The van der Waals surface area contributed by atoms with Crippen molar-refractivity contribution >= 4 is 17.6 Å². The van der Waals surface area contributed by atoms with Crippen LogP contribution in [0.5, 0.6) is 0 Å². The standard InChI is InChI=1S/C11H13N3O2/c15-10-8-14(7-6-12-10)11(16)13-9-4-2-1-3-5-9/h1-5H,6-8H2,(H,12,15)(H,13,16). The van der Waals surface area contributed by atoms with E-state index in [0.29, 0.717) is 13.1 Å². The maximum atomic E-state index is 11.7. The van der Waals surface area contributed by atoms with Crippen LogP contribution >= 0.6 is 0 Å². The molecule has 3 amide bonds. The van der Waals surface area contributed by atoms with E-state index in [1.165, 1.54) is 4.90 Å². The second-order valence-electron chi connectivity index (χ2n) is 3.57. The summed E-state index contributed by atoms with van der Waals surface area (Å²) in [5.74, 6) is -0.116. The van der Waals surface area contributed by atoms with Gasteiger partial charge in [0.15, 0.2) is 0 Å². The van der Waals surface area contributed by atoms with Gasteiger partial charge in [-0.25, -0.2) is 4.79 Å². The Morgan fingerprint density at radius 1 is 1.31 bits per heavy atom. The Balaban J connectivity index is 1.95. The topological polar surface area (TPSA) is 61.4 Å². The highest BCUT2D eigenvalue weighted by Gasteiger charge is 2.20. The first-order valence-electron chi connectivity index (χ1n) is 5.13. The summed E-state index contributed by atoms with van der Waals surface area (Å²) in [6.45, 7) is 1.18. The number of benzene rings is 1. The fraction of sp³-hybridized carbons (Fsp3) is 0.273. The van der Waals surface area contributed by atoms with E-state index in [1.54, 1.807) is 0 Å². The molecule has 2 N–H and O–H groups in total. The zero-order valence-corrected chi connectivity index (χ0v) is 8.77. The van der Waals surface area contributed by atoms with Crippen molar-refractivity contribution in [3.05, 3.63) is 30.3 Å². The Morgan fingerprint density at radius 3 is 2.75 bits per heavy atom. The minimum atomic E-state index is -0.235. The van der Waals surface area contributed by atoms with Crippen LogP contribution in [-0.4, -0.2) is 36.5 Å². The molecule has 2 rings (SSSR count). The minimum Gasteiger partial charge on any atom is -0.353 e. The molecule has 0 radical (unpaired) electrons. The van der Waals surface area contributed by atoms with E-state index in [1.807, 2.05) is 30.3 Å². The van der Waals surface area contributed by atoms with Gasteiger partial charge in [0.1, 0.15) is 6.54 Å². The first-order valence-corrected chi connectivity index (χ1v) is 5.13. The van der Waals surface area contributed by atoms with Crippen LogP contribution in [0.25, 0.3) is 0 Å². The lowest BCUT2D eigenvalue weighted by atomic mass is 10.3. The molecule has 0 aliphatic carbocycles. The zero-order valence-electron chi connectivity index (χ0n) is 8.77. The summed E-state index contributed by atoms with van der Waals surface area (Å²) in [6, 6.07) is 8.95. The van der Waals surface area contributed by atoms with Crippen molar-refractivity contribution < 1.29 is 9.59 Å². The number of anilines is 1. The molecule has 1 heterocycles. The minimum absolute atomic E-state index is 0.116. The van der Waals surface area contributed by atoms with Crippen molar-refractivity contribution in [2.75, 3.05) is 25.0 Å². The Bertz CT molecular complexity index is 391. The summed E-state index contributed by atoms with van der Waals surface area (Å²) in [5.41, 5.74) is 0.735. The molecule has 0 unspecified atom stereocenters. The number of nitrogens with one attached hydrogen (secondary N) is 2. The lowest BCUT2D eigenvalue weighted by molar-refractivity contribution is -0.123. The third kappa shape index (κ3) is 2.50. The molecule has 1 aromatic carbocycles. The number of urea groups is 1. The molecule has 0 spiro atoms. The van der Waals surface area contributed by atoms with Crippen LogP contribution in [0.3, 0.4) is 0 Å². The Labute approximate surface area is 93.4 Å². The average Bonchev–Trinajstić information content (AvgIpc) is 2.30. The molecule has 0 aromatic heterocycles. The Kier molecular flexibility index (Phi) is 3.05. The van der Waals surface area contributed by atoms with Gasteiger partial charge in [0.25, 0.3) is 0 Å². The summed E-state index contributed by atoms with van der Waals surface area (Å²) in [4.78, 5) is 24.3. The molecule has 5 heteroatoms. The van der Waals surface area contributed by atoms with E-state index in [9.17, 15) is 9.59 Å². The molecule has 0 saturated carbocycles. The van der Waals surface area contributed by atoms with Crippen LogP contribution in [0.1, 0.15) is 0 Å². The molecule has 1 saturated heterocycles. The van der Waals surface area contributed by atoms with Crippen molar-refractivity contribution in [3.8, 4) is 0 Å². The van der Waals surface area contributed by atoms with Crippen LogP contribution in [0, 0.1) is 0 Å². The maximum absolute atomic E-state index is 11.7. The highest BCUT2D eigenvalue weighted by molar-refractivity contribution is 5.92. The number of piperazine rings is 1. The fourth-order valence-electron chi connectivity index (χ4n) is 1.54. The van der Waals surface area contributed by atoms with Crippen molar-refractivity contribution in [2.24, 2.45) is 0 Å². The van der Waals surface area contributed by atoms with E-state index in [2.05, 4.69) is 10.6 Å². The van der Waals surface area contributed by atoms with Crippen LogP contribution in [0.2, 0.25) is 0 Å². The van der Waals surface area contributed by atoms with Gasteiger partial charge in [-0.3, -0.25) is 4.79 Å². The van der Waals surface area contributed by atoms with Gasteiger partial charge < -0.3 is 15.5 Å². The number of carbonyl (C=O) groups excluding carboxylic acids is 2. The summed E-state index contributed by atoms with van der Waals surface area (Å²) in [7, 11) is 0. The normalized spacial score (nSPS) is 15.5. The quantitative estimate of drug-likeness (QED) is 0.728. The van der Waals surface area contributed by atoms with Crippen LogP contribution in [0.15, 0.2) is 30.3 Å². The number of hydrogen-bond donors (Lipinski definition) is 2. The lowest BCUT2D eigenvalue weighted by Gasteiger charge is -2.26. The second kappa shape index (κ2) is 4.65. The molecule has 1 aromatic rings. The Hall–Kier alpha value is -2.04. The van der Waals surface area contributed by atoms with Crippen LogP contribution < -0.4 is 10.6 Å². The number of hydrogen-bond acceptors (Lipinski definition) is 2. The number of nitrogens with zero attached hydrogens (tertiary/aromatic N) is 1. The van der Waals surface area contributed by atoms with Gasteiger partial charge in [-0.2, -0.15) is 0 Å². The summed E-state index contributed by atoms with van der Waals surface area (Å²) in [5, 5.41) is 5.41. The third-order valence-corrected chi connectivity index (χ3v) is 2.35. The highest BCUT2D eigenvalue weighted by atomic mass is 16.2. The van der Waals surface area contributed by atoms with E-state index in [-0.39, 0.29) is 18.5 Å². The summed E-state index contributed by atoms with van der Waals surface area (Å²) < 4.78 is 0. The van der Waals surface area contributed by atoms with Crippen molar-refractivity contribution in [1.82, 2.24) is 10.2 Å². The largest absolute Gasteiger partial charge is 0.353 e. The first kappa shape index (κ1) is 10.5. The van der Waals surface area contributed by atoms with Crippen molar-refractivity contribution in [2.45, 2.75) is 0 Å². The predicted molar refractivity (Wildman–Crippen MR) is 60.0 cm³/mol. The molecular formula is C11H13N3O2. The smallest absolute Gasteiger partial charge is 0.322 e. The zero-order chi connectivity index (χ0) is 11.4. The van der Waals surface area contributed by atoms with Crippen LogP contribution in [-0.2, 0) is 4.79 Å². The van der Waals surface area contributed by atoms with Gasteiger partial charge in [-0.15, -0.1) is 0 Å². The van der Waals surface area contributed by atoms with Gasteiger partial charge in [0.05, 0.1) is 0 Å². The van der Waals surface area contributed by atoms with E-state index in [0.717, 1.165) is 5.69 Å². The summed E-state index contributed by atoms with van der Waals surface area (Å²) in [6.07, 6.45) is 0. The number of carbonyl (C=O) groups is 2. The van der Waals surface area contributed by atoms with E-state index in [4.69, 9.17) is 0 Å². The molecule has 1 aliphatic rings. The fourth-order valence-corrected chi connectivity index (χ4v) is 1.54. The molecule has 1 fully saturated rings. The molecule has 0 atom stereocenters. The van der Waals surface area contributed by atoms with Crippen molar-refractivity contribution in [1.29, 1.82) is 0 Å². The van der Waals surface area contributed by atoms with E-state index >= 15 is 0 Å². The second-order valence-corrected chi connectivity index (χ2v) is 3.57. The van der Waals surface area contributed by atoms with E-state index < -0.39 is 0 Å². The highest BCUT2D eigenvalue weighted by Crippen LogP contribution is 2.06. The maximum Gasteiger partial charge on any atom is 0.322 e. The third-order valence-electron chi connectivity index (χ3n) is 2.35. The van der Waals surface area contributed by atoms with Gasteiger partial charge in [-0.05, 0) is 12.1 Å². The number of para-hydroxylation sites is 1. The van der Waals surface area contributed by atoms with Crippen LogP contribution in [0.4, 0.5) is 10.5 Å². The number of rotatable bonds is 1. The molecule has 5 nitrogen and oxygen atoms in total. The molecule has 16 heavy (non-hydrogen) atoms. The Morgan fingerprint density at radius 2 is 2.06 bits per heavy atom. The average molecular weight is 219 g/mol. The molecule has 1 aliphatic heterocycles. The molecular weight excluding hydrogens is 206 g/mol. The summed E-state index contributed by atoms with van der Waals surface area (Å²) >= 11 is 0. The van der Waals surface area contributed by atoms with Gasteiger partial charge in [0, 0.05) is 18.8 Å². The van der Waals surface area contributed by atoms with Gasteiger partial charge in [-0.1, -0.05) is 18.2 Å². The lowest BCUT2D eigenvalue weighted by Crippen LogP contribution is -2.51. The SMILES string of the molecule is O=C1CN(C(=O)Nc2ccccc2)CCN1. The molecule has 84 valence electrons. The number of amides is 3. The molecule has 0 bridgehead atoms. The predicted octanol–water partition coefficient (Wildman–Crippen LogP) is 0.650. The van der Waals surface area contributed by atoms with Gasteiger partial charge >= 0.3 is 6.03 Å². The van der Waals surface area contributed by atoms with Gasteiger partial charge in [0.2, 0.25) is 5.91 Å².